The highest BCUT2D eigenvalue weighted by Crippen LogP contribution is 2.26. The van der Waals surface area contributed by atoms with E-state index >= 15 is 0 Å². The van der Waals surface area contributed by atoms with Crippen molar-refractivity contribution in [3.8, 4) is 17.1 Å². The molecule has 20 heavy (non-hydrogen) atoms. The predicted octanol–water partition coefficient (Wildman–Crippen LogP) is 1.61. The molecular weight excluding hydrogens is 276 g/mol. The number of carbonyl (C=O) groups is 1. The first kappa shape index (κ1) is 12.9. The van der Waals surface area contributed by atoms with E-state index in [-0.39, 0.29) is 6.03 Å². The number of nitrogens with zero attached hydrogens (tertiary/aromatic N) is 3. The Hall–Kier alpha value is -2.15. The van der Waals surface area contributed by atoms with Crippen LogP contribution in [0.4, 0.5) is 4.79 Å². The van der Waals surface area contributed by atoms with Crippen molar-refractivity contribution in [2.24, 2.45) is 0 Å². The summed E-state index contributed by atoms with van der Waals surface area (Å²) < 4.78 is 5.68. The minimum absolute atomic E-state index is 0.0363. The second kappa shape index (κ2) is 5.87. The molecular formula is C13H14N4O2S. The molecule has 0 spiro atoms. The van der Waals surface area contributed by atoms with Crippen LogP contribution in [0.2, 0.25) is 0 Å². The lowest BCUT2D eigenvalue weighted by Gasteiger charge is -2.14. The Morgan fingerprint density at radius 2 is 2.30 bits per heavy atom. The van der Waals surface area contributed by atoms with Crippen LogP contribution < -0.4 is 10.1 Å². The summed E-state index contributed by atoms with van der Waals surface area (Å²) >= 11 is 1.60. The molecule has 0 aromatic carbocycles. The summed E-state index contributed by atoms with van der Waals surface area (Å²) in [6, 6.07) is 1.95. The summed E-state index contributed by atoms with van der Waals surface area (Å²) in [4.78, 5) is 21.7. The Morgan fingerprint density at radius 1 is 1.40 bits per heavy atom. The van der Waals surface area contributed by atoms with E-state index in [1.54, 1.807) is 28.6 Å². The average molecular weight is 290 g/mol. The maximum atomic E-state index is 11.4. The van der Waals surface area contributed by atoms with Crippen LogP contribution in [-0.4, -0.2) is 47.1 Å². The van der Waals surface area contributed by atoms with Crippen LogP contribution in [0.25, 0.3) is 11.3 Å². The van der Waals surface area contributed by atoms with Gasteiger partial charge in [0.05, 0.1) is 6.54 Å². The Balaban J connectivity index is 1.64. The molecule has 1 aliphatic rings. The largest absolute Gasteiger partial charge is 0.474 e. The standard InChI is InChI=1S/C13H14N4O2S/c18-13-16-4-5-17(13)6-7-19-12-11(14-2-3-15-12)10-1-8-20-9-10/h1-3,8-9H,4-7H2,(H,16,18). The lowest BCUT2D eigenvalue weighted by atomic mass is 10.2. The fourth-order valence-electron chi connectivity index (χ4n) is 2.01. The van der Waals surface area contributed by atoms with Gasteiger partial charge in [-0.25, -0.2) is 14.8 Å². The zero-order chi connectivity index (χ0) is 13.8. The summed E-state index contributed by atoms with van der Waals surface area (Å²) in [7, 11) is 0. The second-order valence-corrected chi connectivity index (χ2v) is 5.07. The molecule has 2 amide bonds. The van der Waals surface area contributed by atoms with E-state index in [0.29, 0.717) is 25.6 Å². The minimum Gasteiger partial charge on any atom is -0.474 e. The maximum absolute atomic E-state index is 11.4. The van der Waals surface area contributed by atoms with Crippen LogP contribution in [0, 0.1) is 0 Å². The van der Waals surface area contributed by atoms with E-state index in [1.807, 2.05) is 16.8 Å². The molecule has 3 heterocycles. The monoisotopic (exact) mass is 290 g/mol. The summed E-state index contributed by atoms with van der Waals surface area (Å²) in [5.74, 6) is 0.505. The Kier molecular flexibility index (Phi) is 3.78. The van der Waals surface area contributed by atoms with Gasteiger partial charge in [-0.05, 0) is 11.4 Å². The molecule has 0 atom stereocenters. The Bertz CT molecular complexity index is 588. The van der Waals surface area contributed by atoms with Crippen molar-refractivity contribution in [3.63, 3.8) is 0 Å². The van der Waals surface area contributed by atoms with Crippen LogP contribution >= 0.6 is 11.3 Å². The Labute approximate surface area is 120 Å². The third-order valence-electron chi connectivity index (χ3n) is 3.00. The summed E-state index contributed by atoms with van der Waals surface area (Å²) in [5, 5.41) is 6.75. The molecule has 7 heteroatoms. The molecule has 0 radical (unpaired) electrons. The van der Waals surface area contributed by atoms with Crippen molar-refractivity contribution in [1.29, 1.82) is 0 Å². The quantitative estimate of drug-likeness (QED) is 0.908. The Morgan fingerprint density at radius 3 is 3.05 bits per heavy atom. The highest BCUT2D eigenvalue weighted by Gasteiger charge is 2.19. The zero-order valence-corrected chi connectivity index (χ0v) is 11.6. The molecule has 0 aliphatic carbocycles. The van der Waals surface area contributed by atoms with Gasteiger partial charge in [-0.15, -0.1) is 0 Å². The van der Waals surface area contributed by atoms with Gasteiger partial charge < -0.3 is 15.0 Å². The smallest absolute Gasteiger partial charge is 0.317 e. The fraction of sp³-hybridized carbons (Fsp3) is 0.308. The number of urea groups is 1. The van der Waals surface area contributed by atoms with Gasteiger partial charge >= 0.3 is 6.03 Å². The minimum atomic E-state index is -0.0363. The van der Waals surface area contributed by atoms with E-state index < -0.39 is 0 Å². The van der Waals surface area contributed by atoms with E-state index in [2.05, 4.69) is 15.3 Å². The van der Waals surface area contributed by atoms with Gasteiger partial charge in [0.25, 0.3) is 0 Å². The molecule has 0 bridgehead atoms. The molecule has 1 fully saturated rings. The van der Waals surface area contributed by atoms with E-state index in [4.69, 9.17) is 4.74 Å². The van der Waals surface area contributed by atoms with Crippen molar-refractivity contribution in [2.75, 3.05) is 26.2 Å². The number of carbonyl (C=O) groups excluding carboxylic acids is 1. The normalized spacial score (nSPS) is 14.4. The summed E-state index contributed by atoms with van der Waals surface area (Å²) in [6.07, 6.45) is 3.25. The third kappa shape index (κ3) is 2.72. The van der Waals surface area contributed by atoms with Crippen molar-refractivity contribution in [3.05, 3.63) is 29.2 Å². The molecule has 2 aromatic heterocycles. The molecule has 1 saturated heterocycles. The number of ether oxygens (including phenoxy) is 1. The van der Waals surface area contributed by atoms with E-state index in [1.165, 1.54) is 0 Å². The van der Waals surface area contributed by atoms with Crippen LogP contribution in [0.1, 0.15) is 0 Å². The number of amides is 2. The molecule has 2 aromatic rings. The van der Waals surface area contributed by atoms with Gasteiger partial charge in [0, 0.05) is 36.4 Å². The highest BCUT2D eigenvalue weighted by atomic mass is 32.1. The van der Waals surface area contributed by atoms with Gasteiger partial charge in [0.2, 0.25) is 5.88 Å². The van der Waals surface area contributed by atoms with Crippen molar-refractivity contribution in [1.82, 2.24) is 20.2 Å². The van der Waals surface area contributed by atoms with Crippen LogP contribution in [-0.2, 0) is 0 Å². The van der Waals surface area contributed by atoms with Crippen molar-refractivity contribution in [2.45, 2.75) is 0 Å². The van der Waals surface area contributed by atoms with Gasteiger partial charge in [0.15, 0.2) is 0 Å². The molecule has 1 N–H and O–H groups in total. The fourth-order valence-corrected chi connectivity index (χ4v) is 2.65. The first-order valence-electron chi connectivity index (χ1n) is 6.34. The predicted molar refractivity (Wildman–Crippen MR) is 75.8 cm³/mol. The van der Waals surface area contributed by atoms with Crippen LogP contribution in [0.5, 0.6) is 5.88 Å². The zero-order valence-electron chi connectivity index (χ0n) is 10.8. The lowest BCUT2D eigenvalue weighted by molar-refractivity contribution is 0.201. The molecule has 0 saturated carbocycles. The molecule has 1 aliphatic heterocycles. The van der Waals surface area contributed by atoms with Gasteiger partial charge in [-0.2, -0.15) is 11.3 Å². The summed E-state index contributed by atoms with van der Waals surface area (Å²) in [6.45, 7) is 2.37. The molecule has 6 nitrogen and oxygen atoms in total. The van der Waals surface area contributed by atoms with Gasteiger partial charge in [0.1, 0.15) is 12.3 Å². The first-order valence-corrected chi connectivity index (χ1v) is 7.28. The molecule has 3 rings (SSSR count). The maximum Gasteiger partial charge on any atom is 0.317 e. The second-order valence-electron chi connectivity index (χ2n) is 4.29. The molecule has 104 valence electrons. The number of nitrogens with one attached hydrogen (secondary N) is 1. The van der Waals surface area contributed by atoms with Crippen LogP contribution in [0.15, 0.2) is 29.2 Å². The molecule has 0 unspecified atom stereocenters. The average Bonchev–Trinajstić information content (AvgIpc) is 3.12. The topological polar surface area (TPSA) is 67.4 Å². The van der Waals surface area contributed by atoms with E-state index in [9.17, 15) is 4.79 Å². The number of rotatable bonds is 5. The number of hydrogen-bond donors (Lipinski definition) is 1. The lowest BCUT2D eigenvalue weighted by Crippen LogP contribution is -2.32. The highest BCUT2D eigenvalue weighted by molar-refractivity contribution is 7.08. The van der Waals surface area contributed by atoms with Crippen LogP contribution in [0.3, 0.4) is 0 Å². The number of hydrogen-bond acceptors (Lipinski definition) is 5. The first-order chi connectivity index (χ1) is 9.84. The van der Waals surface area contributed by atoms with Gasteiger partial charge in [-0.3, -0.25) is 0 Å². The van der Waals surface area contributed by atoms with Gasteiger partial charge in [-0.1, -0.05) is 0 Å². The SMILES string of the molecule is O=C1NCCN1CCOc1nccnc1-c1ccsc1. The van der Waals surface area contributed by atoms with E-state index in [0.717, 1.165) is 17.8 Å². The summed E-state index contributed by atoms with van der Waals surface area (Å²) in [5.41, 5.74) is 1.73. The van der Waals surface area contributed by atoms with Crippen molar-refractivity contribution >= 4 is 17.4 Å². The van der Waals surface area contributed by atoms with Crippen molar-refractivity contribution < 1.29 is 9.53 Å². The number of thiophene rings is 1. The third-order valence-corrected chi connectivity index (χ3v) is 3.69. The number of aromatic nitrogens is 2.